The molecule has 1 aromatic rings. The molecular weight excluding hydrogens is 454 g/mol. The molecule has 0 aliphatic carbocycles. The summed E-state index contributed by atoms with van der Waals surface area (Å²) < 4.78 is 0. The zero-order valence-corrected chi connectivity index (χ0v) is 20.2. The summed E-state index contributed by atoms with van der Waals surface area (Å²) in [4.78, 5) is 59.8. The molecule has 0 aliphatic heterocycles. The summed E-state index contributed by atoms with van der Waals surface area (Å²) in [6.07, 6.45) is 4.17. The van der Waals surface area contributed by atoms with Gasteiger partial charge in [-0.15, -0.1) is 0 Å². The van der Waals surface area contributed by atoms with E-state index in [-0.39, 0.29) is 19.3 Å². The summed E-state index contributed by atoms with van der Waals surface area (Å²) >= 11 is 0. The van der Waals surface area contributed by atoms with Crippen molar-refractivity contribution in [3.63, 3.8) is 0 Å². The Morgan fingerprint density at radius 2 is 1.66 bits per heavy atom. The van der Waals surface area contributed by atoms with Crippen LogP contribution < -0.4 is 27.4 Å². The average Bonchev–Trinajstić information content (AvgIpc) is 2.80. The molecule has 1 rings (SSSR count). The molecule has 3 atom stereocenters. The van der Waals surface area contributed by atoms with Crippen LogP contribution in [0, 0.1) is 6.92 Å². The highest BCUT2D eigenvalue weighted by molar-refractivity contribution is 5.96. The topological polar surface area (TPSA) is 195 Å². The van der Waals surface area contributed by atoms with Gasteiger partial charge in [0.1, 0.15) is 18.1 Å². The summed E-state index contributed by atoms with van der Waals surface area (Å²) in [7, 11) is 0. The summed E-state index contributed by atoms with van der Waals surface area (Å²) in [5, 5.41) is 16.6. The number of aryl methyl sites for hydroxylation is 1. The SMILES string of the molecule is Cc1ccc(/C=C/C(=O)N[C@@H](C)C(=O)N[C@H](CCC(=O)NC(CCCC[NH3+])C(=O)O)C(N)=O)cc1. The molecule has 4 amide bonds. The van der Waals surface area contributed by atoms with Crippen molar-refractivity contribution in [1.82, 2.24) is 16.0 Å². The standard InChI is InChI=1S/C24H35N5O6/c1-15-6-8-17(9-7-15)10-12-20(30)27-16(2)23(33)29-18(22(26)32)11-13-21(31)28-19(24(34)35)5-3-4-14-25/h6-10,12,16,18-19H,3-5,11,13-14,25H2,1-2H3,(H2,26,32)(H,27,30)(H,28,31)(H,29,33)(H,34,35)/p+1/b12-10+/t16-,18+,19?/m0/s1. The van der Waals surface area contributed by atoms with Crippen LogP contribution in [0.15, 0.2) is 30.3 Å². The monoisotopic (exact) mass is 490 g/mol. The molecule has 0 fully saturated rings. The van der Waals surface area contributed by atoms with Crippen molar-refractivity contribution < 1.29 is 34.8 Å². The number of carbonyl (C=O) groups excluding carboxylic acids is 4. The van der Waals surface area contributed by atoms with E-state index < -0.39 is 47.7 Å². The predicted octanol–water partition coefficient (Wildman–Crippen LogP) is -0.755. The van der Waals surface area contributed by atoms with Crippen LogP contribution in [-0.4, -0.2) is 59.4 Å². The van der Waals surface area contributed by atoms with E-state index in [1.165, 1.54) is 13.0 Å². The van der Waals surface area contributed by atoms with E-state index in [0.717, 1.165) is 17.5 Å². The van der Waals surface area contributed by atoms with E-state index in [2.05, 4.69) is 21.7 Å². The Morgan fingerprint density at radius 3 is 2.23 bits per heavy atom. The second kappa shape index (κ2) is 15.2. The van der Waals surface area contributed by atoms with Crippen molar-refractivity contribution in [2.75, 3.05) is 6.54 Å². The summed E-state index contributed by atoms with van der Waals surface area (Å²) in [6.45, 7) is 4.06. The molecular formula is C24H36N5O6+. The lowest BCUT2D eigenvalue weighted by Crippen LogP contribution is -2.52. The number of benzene rings is 1. The maximum atomic E-state index is 12.4. The molecule has 0 aliphatic rings. The number of nitrogens with one attached hydrogen (secondary N) is 3. The first-order valence-corrected chi connectivity index (χ1v) is 11.5. The van der Waals surface area contributed by atoms with Crippen LogP contribution in [-0.2, 0) is 24.0 Å². The first kappa shape index (κ1) is 29.3. The Balaban J connectivity index is 2.56. The smallest absolute Gasteiger partial charge is 0.326 e. The van der Waals surface area contributed by atoms with Gasteiger partial charge in [0.05, 0.1) is 6.54 Å². The minimum absolute atomic E-state index is 0.119. The van der Waals surface area contributed by atoms with Gasteiger partial charge >= 0.3 is 5.97 Å². The Kier molecular flexibility index (Phi) is 12.7. The van der Waals surface area contributed by atoms with E-state index in [1.54, 1.807) is 6.08 Å². The van der Waals surface area contributed by atoms with Crippen LogP contribution in [0.25, 0.3) is 6.08 Å². The van der Waals surface area contributed by atoms with Gasteiger partial charge in [0.2, 0.25) is 23.6 Å². The van der Waals surface area contributed by atoms with Gasteiger partial charge in [0.15, 0.2) is 0 Å². The average molecular weight is 491 g/mol. The summed E-state index contributed by atoms with van der Waals surface area (Å²) in [5.74, 6) is -3.72. The molecule has 0 radical (unpaired) electrons. The zero-order valence-electron chi connectivity index (χ0n) is 20.2. The summed E-state index contributed by atoms with van der Waals surface area (Å²) in [6, 6.07) is 4.34. The number of unbranched alkanes of at least 4 members (excludes halogenated alkanes) is 1. The highest BCUT2D eigenvalue weighted by atomic mass is 16.4. The van der Waals surface area contributed by atoms with E-state index in [0.29, 0.717) is 13.0 Å². The largest absolute Gasteiger partial charge is 0.480 e. The molecule has 0 bridgehead atoms. The lowest BCUT2D eigenvalue weighted by Gasteiger charge is -2.19. The molecule has 1 unspecified atom stereocenters. The number of carboxylic acids is 1. The number of rotatable bonds is 15. The fourth-order valence-corrected chi connectivity index (χ4v) is 3.08. The Hall–Kier alpha value is -3.73. The number of hydrogen-bond acceptors (Lipinski definition) is 5. The number of nitrogens with two attached hydrogens (primary N) is 1. The van der Waals surface area contributed by atoms with Crippen molar-refractivity contribution in [1.29, 1.82) is 0 Å². The van der Waals surface area contributed by atoms with Gasteiger partial charge < -0.3 is 32.5 Å². The molecule has 0 aromatic heterocycles. The third-order valence-electron chi connectivity index (χ3n) is 5.20. The fraction of sp³-hybridized carbons (Fsp3) is 0.458. The minimum Gasteiger partial charge on any atom is -0.480 e. The molecule has 192 valence electrons. The maximum Gasteiger partial charge on any atom is 0.326 e. The number of carboxylic acid groups (broad SMARTS) is 1. The molecule has 0 saturated carbocycles. The molecule has 1 aromatic carbocycles. The van der Waals surface area contributed by atoms with E-state index in [1.807, 2.05) is 31.2 Å². The number of aliphatic carboxylic acids is 1. The molecule has 0 heterocycles. The highest BCUT2D eigenvalue weighted by Gasteiger charge is 2.24. The highest BCUT2D eigenvalue weighted by Crippen LogP contribution is 2.05. The van der Waals surface area contributed by atoms with Crippen molar-refractivity contribution in [2.45, 2.75) is 64.1 Å². The molecule has 11 heteroatoms. The molecule has 0 spiro atoms. The number of quaternary nitrogens is 1. The van der Waals surface area contributed by atoms with Crippen LogP contribution >= 0.6 is 0 Å². The third kappa shape index (κ3) is 11.8. The zero-order chi connectivity index (χ0) is 26.4. The predicted molar refractivity (Wildman–Crippen MR) is 129 cm³/mol. The maximum absolute atomic E-state index is 12.4. The van der Waals surface area contributed by atoms with Crippen molar-refractivity contribution in [3.8, 4) is 0 Å². The Bertz CT molecular complexity index is 915. The molecule has 9 N–H and O–H groups in total. The molecule has 35 heavy (non-hydrogen) atoms. The van der Waals surface area contributed by atoms with Gasteiger partial charge in [0.25, 0.3) is 0 Å². The van der Waals surface area contributed by atoms with Crippen LogP contribution in [0.5, 0.6) is 0 Å². The van der Waals surface area contributed by atoms with Crippen molar-refractivity contribution in [2.24, 2.45) is 5.73 Å². The third-order valence-corrected chi connectivity index (χ3v) is 5.20. The number of amides is 4. The van der Waals surface area contributed by atoms with Gasteiger partial charge in [0, 0.05) is 12.5 Å². The van der Waals surface area contributed by atoms with Crippen LogP contribution in [0.3, 0.4) is 0 Å². The van der Waals surface area contributed by atoms with Crippen LogP contribution in [0.4, 0.5) is 0 Å². The fourth-order valence-electron chi connectivity index (χ4n) is 3.08. The Morgan fingerprint density at radius 1 is 1.00 bits per heavy atom. The lowest BCUT2D eigenvalue weighted by atomic mass is 10.1. The van der Waals surface area contributed by atoms with Gasteiger partial charge in [-0.25, -0.2) is 4.79 Å². The first-order chi connectivity index (χ1) is 16.5. The van der Waals surface area contributed by atoms with E-state index in [9.17, 15) is 29.1 Å². The minimum atomic E-state index is -1.16. The Labute approximate surface area is 204 Å². The second-order valence-corrected chi connectivity index (χ2v) is 8.28. The van der Waals surface area contributed by atoms with Gasteiger partial charge in [-0.1, -0.05) is 29.8 Å². The van der Waals surface area contributed by atoms with E-state index in [4.69, 9.17) is 5.73 Å². The normalized spacial score (nSPS) is 13.5. The first-order valence-electron chi connectivity index (χ1n) is 11.5. The molecule has 11 nitrogen and oxygen atoms in total. The number of carbonyl (C=O) groups is 5. The van der Waals surface area contributed by atoms with Crippen molar-refractivity contribution in [3.05, 3.63) is 41.5 Å². The lowest BCUT2D eigenvalue weighted by molar-refractivity contribution is -0.368. The van der Waals surface area contributed by atoms with Gasteiger partial charge in [-0.05, 0) is 51.2 Å². The van der Waals surface area contributed by atoms with Crippen LogP contribution in [0.1, 0.15) is 50.2 Å². The summed E-state index contributed by atoms with van der Waals surface area (Å²) in [5.41, 5.74) is 10.9. The number of hydrogen-bond donors (Lipinski definition) is 6. The second-order valence-electron chi connectivity index (χ2n) is 8.28. The van der Waals surface area contributed by atoms with Crippen LogP contribution in [0.2, 0.25) is 0 Å². The quantitative estimate of drug-likeness (QED) is 0.138. The van der Waals surface area contributed by atoms with E-state index >= 15 is 0 Å². The van der Waals surface area contributed by atoms with Gasteiger partial charge in [-0.3, -0.25) is 19.2 Å². The number of primary amides is 1. The van der Waals surface area contributed by atoms with Gasteiger partial charge in [-0.2, -0.15) is 0 Å². The molecule has 0 saturated heterocycles. The van der Waals surface area contributed by atoms with Crippen molar-refractivity contribution >= 4 is 35.7 Å².